The van der Waals surface area contributed by atoms with Gasteiger partial charge in [-0.1, -0.05) is 104 Å². The number of benzene rings is 3. The van der Waals surface area contributed by atoms with E-state index in [1.54, 1.807) is 0 Å². The minimum atomic E-state index is 0.619. The third-order valence-electron chi connectivity index (χ3n) is 5.33. The molecule has 4 rings (SSSR count). The van der Waals surface area contributed by atoms with Gasteiger partial charge in [0.15, 0.2) is 5.82 Å². The maximum atomic E-state index is 10.2. The molecule has 0 N–H and O–H groups in total. The second-order valence-corrected chi connectivity index (χ2v) is 7.44. The summed E-state index contributed by atoms with van der Waals surface area (Å²) in [5.74, 6) is 0.720. The van der Waals surface area contributed by atoms with Crippen LogP contribution in [0.1, 0.15) is 30.9 Å². The van der Waals surface area contributed by atoms with Crippen LogP contribution < -0.4 is 0 Å². The largest absolute Gasteiger partial charge is 0.324 e. The van der Waals surface area contributed by atoms with Gasteiger partial charge in [0.1, 0.15) is 11.6 Å². The highest BCUT2D eigenvalue weighted by molar-refractivity contribution is 5.92. The van der Waals surface area contributed by atoms with E-state index in [0.29, 0.717) is 5.56 Å². The summed E-state index contributed by atoms with van der Waals surface area (Å²) in [5.41, 5.74) is 5.76. The minimum Gasteiger partial charge on any atom is -0.324 e. The van der Waals surface area contributed by atoms with Crippen LogP contribution in [0.2, 0.25) is 0 Å². The summed E-state index contributed by atoms with van der Waals surface area (Å²) in [5, 5.41) is 10.2. The normalized spacial score (nSPS) is 11.0. The molecular weight excluding hydrogens is 378 g/mol. The average molecular weight is 404 g/mol. The molecule has 0 saturated heterocycles. The molecule has 0 aliphatic heterocycles. The monoisotopic (exact) mass is 403 g/mol. The third-order valence-corrected chi connectivity index (χ3v) is 5.33. The van der Waals surface area contributed by atoms with Gasteiger partial charge >= 0.3 is 0 Å². The van der Waals surface area contributed by atoms with E-state index in [9.17, 15) is 5.26 Å². The fourth-order valence-electron chi connectivity index (χ4n) is 3.84. The molecule has 152 valence electrons. The van der Waals surface area contributed by atoms with Crippen LogP contribution in [0.3, 0.4) is 0 Å². The number of aliphatic imine (C=N–C) groups is 1. The molecule has 3 nitrogen and oxygen atoms in total. The third kappa shape index (κ3) is 4.34. The van der Waals surface area contributed by atoms with Crippen molar-refractivity contribution < 1.29 is 0 Å². The van der Waals surface area contributed by atoms with Crippen molar-refractivity contribution in [3.63, 3.8) is 0 Å². The zero-order valence-corrected chi connectivity index (χ0v) is 17.7. The highest BCUT2D eigenvalue weighted by Gasteiger charge is 2.24. The summed E-state index contributed by atoms with van der Waals surface area (Å²) in [4.78, 5) is 4.85. The van der Waals surface area contributed by atoms with Crippen LogP contribution in [0.5, 0.6) is 0 Å². The van der Waals surface area contributed by atoms with Gasteiger partial charge in [-0.25, -0.2) is 4.99 Å². The Kier molecular flexibility index (Phi) is 6.40. The quantitative estimate of drug-likeness (QED) is 0.300. The molecule has 0 atom stereocenters. The van der Waals surface area contributed by atoms with Gasteiger partial charge in [0.2, 0.25) is 0 Å². The molecule has 0 saturated carbocycles. The number of hydrogen-bond acceptors (Lipinski definition) is 2. The molecule has 4 aromatic rings. The molecule has 0 fully saturated rings. The Bertz CT molecular complexity index is 1200. The van der Waals surface area contributed by atoms with Gasteiger partial charge in [-0.05, 0) is 23.1 Å². The number of unbranched alkanes of at least 4 members (excludes halogenated alkanes) is 1. The minimum absolute atomic E-state index is 0.619. The van der Waals surface area contributed by atoms with Crippen LogP contribution in [0, 0.1) is 11.3 Å². The summed E-state index contributed by atoms with van der Waals surface area (Å²) in [6.45, 7) is 2.99. The lowest BCUT2D eigenvalue weighted by atomic mass is 9.98. The van der Waals surface area contributed by atoms with E-state index in [4.69, 9.17) is 4.99 Å². The molecular formula is C28H25N3. The van der Waals surface area contributed by atoms with E-state index >= 15 is 0 Å². The molecule has 0 spiro atoms. The Morgan fingerprint density at radius 3 is 2.00 bits per heavy atom. The van der Waals surface area contributed by atoms with Crippen molar-refractivity contribution >= 4 is 12.0 Å². The van der Waals surface area contributed by atoms with E-state index in [0.717, 1.165) is 53.2 Å². The fraction of sp³-hybridized carbons (Fsp3) is 0.143. The molecule has 0 radical (unpaired) electrons. The van der Waals surface area contributed by atoms with Gasteiger partial charge in [-0.15, -0.1) is 0 Å². The lowest BCUT2D eigenvalue weighted by molar-refractivity contribution is 0.642. The van der Waals surface area contributed by atoms with E-state index in [1.165, 1.54) is 0 Å². The predicted octanol–water partition coefficient (Wildman–Crippen LogP) is 7.24. The van der Waals surface area contributed by atoms with Crippen LogP contribution in [0.4, 0.5) is 5.82 Å². The molecule has 0 bridgehead atoms. The first-order valence-corrected chi connectivity index (χ1v) is 10.7. The number of nitrogens with zero attached hydrogens (tertiary/aromatic N) is 3. The number of rotatable bonds is 7. The van der Waals surface area contributed by atoms with E-state index < -0.39 is 0 Å². The highest BCUT2D eigenvalue weighted by Crippen LogP contribution is 2.42. The van der Waals surface area contributed by atoms with Crippen molar-refractivity contribution in [3.05, 3.63) is 102 Å². The molecule has 0 aliphatic carbocycles. The highest BCUT2D eigenvalue weighted by atomic mass is 15.1. The van der Waals surface area contributed by atoms with Gasteiger partial charge in [0, 0.05) is 18.3 Å². The predicted molar refractivity (Wildman–Crippen MR) is 129 cm³/mol. The lowest BCUT2D eigenvalue weighted by Crippen LogP contribution is -2.00. The zero-order chi connectivity index (χ0) is 21.5. The maximum absolute atomic E-state index is 10.2. The molecule has 0 amide bonds. The molecule has 3 aromatic carbocycles. The Morgan fingerprint density at radius 1 is 0.839 bits per heavy atom. The van der Waals surface area contributed by atoms with Crippen LogP contribution in [-0.2, 0) is 6.54 Å². The van der Waals surface area contributed by atoms with Crippen LogP contribution >= 0.6 is 0 Å². The summed E-state index contributed by atoms with van der Waals surface area (Å²) >= 11 is 0. The van der Waals surface area contributed by atoms with Crippen molar-refractivity contribution in [1.82, 2.24) is 4.57 Å². The number of hydrogen-bond donors (Lipinski definition) is 0. The first-order valence-electron chi connectivity index (χ1n) is 10.7. The van der Waals surface area contributed by atoms with Crippen molar-refractivity contribution in [1.29, 1.82) is 5.26 Å². The van der Waals surface area contributed by atoms with Crippen molar-refractivity contribution in [3.8, 4) is 28.5 Å². The Balaban J connectivity index is 2.00. The smallest absolute Gasteiger partial charge is 0.151 e. The van der Waals surface area contributed by atoms with E-state index in [2.05, 4.69) is 41.8 Å². The summed E-state index contributed by atoms with van der Waals surface area (Å²) < 4.78 is 2.22. The van der Waals surface area contributed by atoms with Crippen molar-refractivity contribution in [2.75, 3.05) is 0 Å². The Morgan fingerprint density at radius 2 is 1.42 bits per heavy atom. The molecule has 0 aliphatic rings. The SMILES string of the molecule is CCCCn1c(/N=C/c2ccccc2)c(C#N)c(-c2ccccc2)c1-c1ccccc1. The standard InChI is InChI=1S/C28H25N3/c1-2-3-19-31-27(24-17-11-6-12-18-24)26(23-15-9-5-10-16-23)25(20-29)28(31)30-21-22-13-7-4-8-14-22/h4-18,21H,2-3,19H2,1H3/b30-21+. The van der Waals surface area contributed by atoms with Crippen molar-refractivity contribution in [2.24, 2.45) is 4.99 Å². The molecule has 1 aromatic heterocycles. The second kappa shape index (κ2) is 9.73. The summed E-state index contributed by atoms with van der Waals surface area (Å²) in [7, 11) is 0. The first-order chi connectivity index (χ1) is 15.3. The Labute approximate surface area is 183 Å². The van der Waals surface area contributed by atoms with E-state index in [-0.39, 0.29) is 0 Å². The molecule has 31 heavy (non-hydrogen) atoms. The average Bonchev–Trinajstić information content (AvgIpc) is 3.16. The summed E-state index contributed by atoms with van der Waals surface area (Å²) in [6.07, 6.45) is 3.93. The fourth-order valence-corrected chi connectivity index (χ4v) is 3.84. The molecule has 0 unspecified atom stereocenters. The number of nitriles is 1. The van der Waals surface area contributed by atoms with Gasteiger partial charge < -0.3 is 4.57 Å². The molecule has 3 heteroatoms. The maximum Gasteiger partial charge on any atom is 0.151 e. The first kappa shape index (κ1) is 20.4. The van der Waals surface area contributed by atoms with Gasteiger partial charge in [-0.3, -0.25) is 0 Å². The second-order valence-electron chi connectivity index (χ2n) is 7.44. The number of aromatic nitrogens is 1. The van der Waals surface area contributed by atoms with Gasteiger partial charge in [0.05, 0.1) is 5.69 Å². The topological polar surface area (TPSA) is 41.1 Å². The Hall–Kier alpha value is -3.90. The van der Waals surface area contributed by atoms with Crippen LogP contribution in [-0.4, -0.2) is 10.8 Å². The zero-order valence-electron chi connectivity index (χ0n) is 17.7. The van der Waals surface area contributed by atoms with Crippen LogP contribution in [0.25, 0.3) is 22.4 Å². The lowest BCUT2D eigenvalue weighted by Gasteiger charge is -2.13. The summed E-state index contributed by atoms with van der Waals surface area (Å²) in [6, 6.07) is 33.0. The van der Waals surface area contributed by atoms with Crippen LogP contribution in [0.15, 0.2) is 96.0 Å². The molecule has 1 heterocycles. The van der Waals surface area contributed by atoms with Crippen molar-refractivity contribution in [2.45, 2.75) is 26.3 Å². The van der Waals surface area contributed by atoms with Gasteiger partial charge in [0.25, 0.3) is 0 Å². The van der Waals surface area contributed by atoms with Gasteiger partial charge in [-0.2, -0.15) is 5.26 Å². The van der Waals surface area contributed by atoms with E-state index in [1.807, 2.05) is 72.9 Å².